The molecule has 0 aliphatic rings. The van der Waals surface area contributed by atoms with Gasteiger partial charge < -0.3 is 10.1 Å². The van der Waals surface area contributed by atoms with Crippen molar-refractivity contribution in [2.24, 2.45) is 0 Å². The number of carbonyl (C=O) groups is 1. The van der Waals surface area contributed by atoms with Crippen LogP contribution in [-0.4, -0.2) is 45.9 Å². The van der Waals surface area contributed by atoms with Crippen LogP contribution in [0.25, 0.3) is 16.8 Å². The maximum absolute atomic E-state index is 12.9. The van der Waals surface area contributed by atoms with E-state index in [9.17, 15) is 4.79 Å². The summed E-state index contributed by atoms with van der Waals surface area (Å²) in [6, 6.07) is 13.9. The lowest BCUT2D eigenvalue weighted by molar-refractivity contribution is 0.0905. The van der Waals surface area contributed by atoms with E-state index < -0.39 is 0 Å². The molecule has 1 heterocycles. The molecular formula is C22H27N5O2. The minimum absolute atomic E-state index is 0.0947. The molecule has 0 radical (unpaired) electrons. The summed E-state index contributed by atoms with van der Waals surface area (Å²) < 4.78 is 6.83. The van der Waals surface area contributed by atoms with Gasteiger partial charge in [0.2, 0.25) is 0 Å². The van der Waals surface area contributed by atoms with Gasteiger partial charge in [0, 0.05) is 25.1 Å². The molecule has 2 aromatic carbocycles. The molecule has 1 atom stereocenters. The van der Waals surface area contributed by atoms with Gasteiger partial charge in [-0.15, -0.1) is 5.10 Å². The van der Waals surface area contributed by atoms with E-state index in [-0.39, 0.29) is 11.9 Å². The summed E-state index contributed by atoms with van der Waals surface area (Å²) in [5.41, 5.74) is 4.47. The largest absolute Gasteiger partial charge is 0.383 e. The summed E-state index contributed by atoms with van der Waals surface area (Å²) >= 11 is 0. The smallest absolute Gasteiger partial charge is 0.251 e. The van der Waals surface area contributed by atoms with Crippen molar-refractivity contribution in [3.05, 3.63) is 59.4 Å². The highest BCUT2D eigenvalue weighted by Crippen LogP contribution is 2.25. The van der Waals surface area contributed by atoms with Crippen molar-refractivity contribution >= 4 is 5.91 Å². The average molecular weight is 393 g/mol. The molecular weight excluding hydrogens is 366 g/mol. The van der Waals surface area contributed by atoms with Crippen molar-refractivity contribution in [2.45, 2.75) is 39.7 Å². The molecule has 0 aliphatic heterocycles. The van der Waals surface area contributed by atoms with Crippen LogP contribution in [0.3, 0.4) is 0 Å². The fraction of sp³-hybridized carbons (Fsp3) is 0.364. The van der Waals surface area contributed by atoms with Crippen LogP contribution in [0.5, 0.6) is 0 Å². The lowest BCUT2D eigenvalue weighted by Gasteiger charge is -2.15. The summed E-state index contributed by atoms with van der Waals surface area (Å²) in [5, 5.41) is 15.1. The second kappa shape index (κ2) is 9.43. The molecule has 1 aromatic heterocycles. The van der Waals surface area contributed by atoms with E-state index >= 15 is 0 Å². The van der Waals surface area contributed by atoms with Crippen molar-refractivity contribution in [1.82, 2.24) is 25.5 Å². The molecule has 1 amide bonds. The summed E-state index contributed by atoms with van der Waals surface area (Å²) in [6.07, 6.45) is 1.69. The number of nitrogens with zero attached hydrogens (tertiary/aromatic N) is 4. The van der Waals surface area contributed by atoms with E-state index in [1.54, 1.807) is 11.8 Å². The lowest BCUT2D eigenvalue weighted by Crippen LogP contribution is -2.35. The number of carbonyl (C=O) groups excluding carboxylic acids is 1. The molecule has 0 spiro atoms. The zero-order chi connectivity index (χ0) is 20.8. The van der Waals surface area contributed by atoms with E-state index in [0.717, 1.165) is 35.5 Å². The molecule has 0 aliphatic carbocycles. The van der Waals surface area contributed by atoms with Crippen LogP contribution in [-0.2, 0) is 11.2 Å². The van der Waals surface area contributed by atoms with Crippen molar-refractivity contribution < 1.29 is 9.53 Å². The van der Waals surface area contributed by atoms with Gasteiger partial charge in [0.15, 0.2) is 5.82 Å². The Hall–Kier alpha value is -3.06. The van der Waals surface area contributed by atoms with Gasteiger partial charge in [0.05, 0.1) is 12.3 Å². The summed E-state index contributed by atoms with van der Waals surface area (Å²) in [5.74, 6) is 0.613. The number of hydrogen-bond donors (Lipinski definition) is 1. The number of aryl methyl sites for hydroxylation is 2. The minimum atomic E-state index is -0.158. The van der Waals surface area contributed by atoms with Gasteiger partial charge in [-0.05, 0) is 60.0 Å². The van der Waals surface area contributed by atoms with Crippen LogP contribution in [0, 0.1) is 6.92 Å². The summed E-state index contributed by atoms with van der Waals surface area (Å²) in [4.78, 5) is 12.9. The third-order valence-corrected chi connectivity index (χ3v) is 4.61. The Morgan fingerprint density at radius 3 is 2.62 bits per heavy atom. The predicted octanol–water partition coefficient (Wildman–Crippen LogP) is 3.35. The van der Waals surface area contributed by atoms with Gasteiger partial charge in [-0.2, -0.15) is 4.68 Å². The summed E-state index contributed by atoms with van der Waals surface area (Å²) in [7, 11) is 1.62. The predicted molar refractivity (Wildman–Crippen MR) is 112 cm³/mol. The molecule has 0 saturated heterocycles. The molecule has 3 aromatic rings. The third-order valence-electron chi connectivity index (χ3n) is 4.61. The van der Waals surface area contributed by atoms with Crippen molar-refractivity contribution in [2.75, 3.05) is 13.7 Å². The van der Waals surface area contributed by atoms with E-state index in [2.05, 4.69) is 52.0 Å². The van der Waals surface area contributed by atoms with Crippen LogP contribution < -0.4 is 5.32 Å². The van der Waals surface area contributed by atoms with Crippen LogP contribution in [0.2, 0.25) is 0 Å². The third kappa shape index (κ3) is 5.06. The Morgan fingerprint density at radius 2 is 1.93 bits per heavy atom. The van der Waals surface area contributed by atoms with Crippen LogP contribution in [0.4, 0.5) is 0 Å². The standard InChI is InChI=1S/C22H27N5O2/c1-5-6-21-24-25-26-27(21)20-12-18(17-9-7-15(2)8-10-17)11-19(13-20)22(28)23-16(3)14-29-4/h7-13,16H,5-6,14H2,1-4H3,(H,23,28)/t16-/m0/s1. The number of nitrogens with one attached hydrogen (secondary N) is 1. The fourth-order valence-electron chi connectivity index (χ4n) is 3.16. The fourth-order valence-corrected chi connectivity index (χ4v) is 3.16. The second-order valence-electron chi connectivity index (χ2n) is 7.22. The zero-order valence-corrected chi connectivity index (χ0v) is 17.3. The quantitative estimate of drug-likeness (QED) is 0.635. The average Bonchev–Trinajstić information content (AvgIpc) is 3.17. The Kier molecular flexibility index (Phi) is 6.72. The van der Waals surface area contributed by atoms with Crippen molar-refractivity contribution in [1.29, 1.82) is 0 Å². The maximum Gasteiger partial charge on any atom is 0.251 e. The molecule has 3 rings (SSSR count). The van der Waals surface area contributed by atoms with Gasteiger partial charge in [-0.1, -0.05) is 36.8 Å². The number of amides is 1. The van der Waals surface area contributed by atoms with Gasteiger partial charge >= 0.3 is 0 Å². The Balaban J connectivity index is 2.05. The Morgan fingerprint density at radius 1 is 1.17 bits per heavy atom. The van der Waals surface area contributed by atoms with E-state index in [0.29, 0.717) is 12.2 Å². The van der Waals surface area contributed by atoms with Crippen molar-refractivity contribution in [3.8, 4) is 16.8 Å². The van der Waals surface area contributed by atoms with Gasteiger partial charge in [0.1, 0.15) is 0 Å². The van der Waals surface area contributed by atoms with E-state index in [1.807, 2.05) is 32.0 Å². The van der Waals surface area contributed by atoms with Crippen molar-refractivity contribution in [3.63, 3.8) is 0 Å². The monoisotopic (exact) mass is 393 g/mol. The number of aromatic nitrogens is 4. The number of benzene rings is 2. The molecule has 0 unspecified atom stereocenters. The van der Waals surface area contributed by atoms with Crippen LogP contribution in [0.1, 0.15) is 42.0 Å². The highest BCUT2D eigenvalue weighted by Gasteiger charge is 2.15. The number of rotatable bonds is 8. The Labute approximate surface area is 171 Å². The van der Waals surface area contributed by atoms with Crippen LogP contribution in [0.15, 0.2) is 42.5 Å². The van der Waals surface area contributed by atoms with Crippen LogP contribution >= 0.6 is 0 Å². The first kappa shape index (κ1) is 20.7. The molecule has 7 nitrogen and oxygen atoms in total. The normalized spacial score (nSPS) is 12.0. The van der Waals surface area contributed by atoms with E-state index in [4.69, 9.17) is 4.74 Å². The molecule has 152 valence electrons. The molecule has 29 heavy (non-hydrogen) atoms. The highest BCUT2D eigenvalue weighted by molar-refractivity contribution is 5.96. The van der Waals surface area contributed by atoms with E-state index in [1.165, 1.54) is 5.56 Å². The second-order valence-corrected chi connectivity index (χ2v) is 7.22. The SMILES string of the molecule is CCCc1nnnn1-c1cc(C(=O)N[C@@H](C)COC)cc(-c2ccc(C)cc2)c1. The first-order chi connectivity index (χ1) is 14.0. The molecule has 0 bridgehead atoms. The first-order valence-corrected chi connectivity index (χ1v) is 9.81. The molecule has 7 heteroatoms. The number of hydrogen-bond acceptors (Lipinski definition) is 5. The van der Waals surface area contributed by atoms with Gasteiger partial charge in [-0.25, -0.2) is 0 Å². The first-order valence-electron chi connectivity index (χ1n) is 9.81. The molecule has 1 N–H and O–H groups in total. The van der Waals surface area contributed by atoms with Gasteiger partial charge in [-0.3, -0.25) is 4.79 Å². The lowest BCUT2D eigenvalue weighted by atomic mass is 10.0. The number of ether oxygens (including phenoxy) is 1. The molecule has 0 saturated carbocycles. The zero-order valence-electron chi connectivity index (χ0n) is 17.3. The summed E-state index contributed by atoms with van der Waals surface area (Å²) in [6.45, 7) is 6.49. The highest BCUT2D eigenvalue weighted by atomic mass is 16.5. The Bertz CT molecular complexity index is 966. The number of tetrazole rings is 1. The topological polar surface area (TPSA) is 81.9 Å². The number of methoxy groups -OCH3 is 1. The minimum Gasteiger partial charge on any atom is -0.383 e. The van der Waals surface area contributed by atoms with Gasteiger partial charge in [0.25, 0.3) is 5.91 Å². The molecule has 0 fully saturated rings. The maximum atomic E-state index is 12.9.